The topological polar surface area (TPSA) is 26.3 Å². The average Bonchev–Trinajstić information content (AvgIpc) is 1.88. The summed E-state index contributed by atoms with van der Waals surface area (Å²) in [5, 5.41) is 0. The first-order valence-corrected chi connectivity index (χ1v) is 3.22. The van der Waals surface area contributed by atoms with E-state index in [1.165, 1.54) is 13.2 Å². The molecule has 0 aromatic rings. The second-order valence-corrected chi connectivity index (χ2v) is 2.30. The van der Waals surface area contributed by atoms with Crippen molar-refractivity contribution in [2.75, 3.05) is 0 Å². The number of esters is 1. The second kappa shape index (κ2) is 2.82. The van der Waals surface area contributed by atoms with Gasteiger partial charge in [-0.05, 0) is 18.9 Å². The van der Waals surface area contributed by atoms with E-state index in [1.807, 2.05) is 0 Å². The summed E-state index contributed by atoms with van der Waals surface area (Å²) < 4.78 is 17.0. The summed E-state index contributed by atoms with van der Waals surface area (Å²) in [6, 6.07) is 0. The minimum Gasteiger partial charge on any atom is -0.434 e. The molecule has 3 heteroatoms. The standard InChI is InChI=1S/C7H9FO2/c1-5(8)6-2-3-7(9)10-4-6/h4-5H,2-3H2,1H3. The highest BCUT2D eigenvalue weighted by Crippen LogP contribution is 2.17. The third-order valence-corrected chi connectivity index (χ3v) is 1.47. The zero-order chi connectivity index (χ0) is 7.56. The minimum atomic E-state index is -0.993. The largest absolute Gasteiger partial charge is 0.434 e. The maximum atomic E-state index is 12.5. The molecule has 1 heterocycles. The Morgan fingerprint density at radius 3 is 2.80 bits per heavy atom. The van der Waals surface area contributed by atoms with Crippen LogP contribution in [0.2, 0.25) is 0 Å². The number of hydrogen-bond donors (Lipinski definition) is 0. The number of ether oxygens (including phenoxy) is 1. The van der Waals surface area contributed by atoms with Gasteiger partial charge in [0.1, 0.15) is 6.17 Å². The highest BCUT2D eigenvalue weighted by Gasteiger charge is 2.15. The molecule has 2 nitrogen and oxygen atoms in total. The number of alkyl halides is 1. The first-order chi connectivity index (χ1) is 4.70. The number of hydrogen-bond acceptors (Lipinski definition) is 2. The Bertz CT molecular complexity index is 172. The van der Waals surface area contributed by atoms with Gasteiger partial charge >= 0.3 is 5.97 Å². The molecule has 1 atom stereocenters. The maximum Gasteiger partial charge on any atom is 0.310 e. The number of cyclic esters (lactones) is 1. The molecule has 0 radical (unpaired) electrons. The summed E-state index contributed by atoms with van der Waals surface area (Å²) in [5.41, 5.74) is 0.569. The number of rotatable bonds is 1. The zero-order valence-electron chi connectivity index (χ0n) is 5.76. The summed E-state index contributed by atoms with van der Waals surface area (Å²) in [6.45, 7) is 1.44. The molecule has 1 rings (SSSR count). The lowest BCUT2D eigenvalue weighted by atomic mass is 10.1. The smallest absolute Gasteiger partial charge is 0.310 e. The van der Waals surface area contributed by atoms with E-state index >= 15 is 0 Å². The highest BCUT2D eigenvalue weighted by molar-refractivity contribution is 5.71. The van der Waals surface area contributed by atoms with E-state index in [0.29, 0.717) is 18.4 Å². The van der Waals surface area contributed by atoms with Crippen molar-refractivity contribution in [3.63, 3.8) is 0 Å². The number of carbonyl (C=O) groups is 1. The van der Waals surface area contributed by atoms with Crippen molar-refractivity contribution in [3.05, 3.63) is 11.8 Å². The van der Waals surface area contributed by atoms with Crippen LogP contribution in [0, 0.1) is 0 Å². The summed E-state index contributed by atoms with van der Waals surface area (Å²) >= 11 is 0. The van der Waals surface area contributed by atoms with E-state index in [2.05, 4.69) is 4.74 Å². The molecule has 0 bridgehead atoms. The van der Waals surface area contributed by atoms with Crippen LogP contribution >= 0.6 is 0 Å². The molecule has 0 aliphatic carbocycles. The van der Waals surface area contributed by atoms with Gasteiger partial charge in [0.05, 0.1) is 6.26 Å². The van der Waals surface area contributed by atoms with Crippen molar-refractivity contribution in [2.24, 2.45) is 0 Å². The van der Waals surface area contributed by atoms with Crippen LogP contribution in [-0.2, 0) is 9.53 Å². The third kappa shape index (κ3) is 1.56. The molecule has 0 saturated carbocycles. The molecule has 0 saturated heterocycles. The van der Waals surface area contributed by atoms with Gasteiger partial charge in [-0.2, -0.15) is 0 Å². The molecule has 0 aromatic heterocycles. The molecule has 0 spiro atoms. The van der Waals surface area contributed by atoms with Crippen molar-refractivity contribution < 1.29 is 13.9 Å². The molecular weight excluding hydrogens is 135 g/mol. The van der Waals surface area contributed by atoms with Gasteiger partial charge in [0.25, 0.3) is 0 Å². The van der Waals surface area contributed by atoms with Crippen molar-refractivity contribution >= 4 is 5.97 Å². The molecule has 10 heavy (non-hydrogen) atoms. The van der Waals surface area contributed by atoms with Crippen molar-refractivity contribution in [1.82, 2.24) is 0 Å². The molecule has 56 valence electrons. The molecule has 0 fully saturated rings. The quantitative estimate of drug-likeness (QED) is 0.522. The average molecular weight is 144 g/mol. The van der Waals surface area contributed by atoms with Gasteiger partial charge in [-0.3, -0.25) is 4.79 Å². The fraction of sp³-hybridized carbons (Fsp3) is 0.571. The van der Waals surface area contributed by atoms with Gasteiger partial charge in [0, 0.05) is 6.42 Å². The van der Waals surface area contributed by atoms with Crippen LogP contribution in [0.4, 0.5) is 4.39 Å². The van der Waals surface area contributed by atoms with E-state index in [4.69, 9.17) is 0 Å². The van der Waals surface area contributed by atoms with E-state index in [1.54, 1.807) is 0 Å². The van der Waals surface area contributed by atoms with Crippen LogP contribution in [0.3, 0.4) is 0 Å². The van der Waals surface area contributed by atoms with Gasteiger partial charge in [0.15, 0.2) is 0 Å². The van der Waals surface area contributed by atoms with Crippen LogP contribution in [0.25, 0.3) is 0 Å². The van der Waals surface area contributed by atoms with Gasteiger partial charge < -0.3 is 4.74 Å². The molecule has 1 unspecified atom stereocenters. The van der Waals surface area contributed by atoms with Gasteiger partial charge in [-0.1, -0.05) is 0 Å². The Balaban J connectivity index is 2.56. The fourth-order valence-electron chi connectivity index (χ4n) is 0.798. The molecular formula is C7H9FO2. The Hall–Kier alpha value is -0.860. The SMILES string of the molecule is CC(F)C1=COC(=O)CC1. The maximum absolute atomic E-state index is 12.5. The molecule has 0 amide bonds. The first-order valence-electron chi connectivity index (χ1n) is 3.22. The molecule has 0 N–H and O–H groups in total. The van der Waals surface area contributed by atoms with Gasteiger partial charge in [-0.15, -0.1) is 0 Å². The van der Waals surface area contributed by atoms with Gasteiger partial charge in [0.2, 0.25) is 0 Å². The monoisotopic (exact) mass is 144 g/mol. The Morgan fingerprint density at radius 2 is 2.40 bits per heavy atom. The normalized spacial score (nSPS) is 21.4. The summed E-state index contributed by atoms with van der Waals surface area (Å²) in [7, 11) is 0. The van der Waals surface area contributed by atoms with Crippen LogP contribution in [0.1, 0.15) is 19.8 Å². The minimum absolute atomic E-state index is 0.274. The highest BCUT2D eigenvalue weighted by atomic mass is 19.1. The Kier molecular flexibility index (Phi) is 2.04. The summed E-state index contributed by atoms with van der Waals surface area (Å²) in [5.74, 6) is -0.274. The summed E-state index contributed by atoms with van der Waals surface area (Å²) in [4.78, 5) is 10.4. The lowest BCUT2D eigenvalue weighted by molar-refractivity contribution is -0.139. The van der Waals surface area contributed by atoms with E-state index in [0.717, 1.165) is 0 Å². The number of allylic oxidation sites excluding steroid dienone is 1. The lowest BCUT2D eigenvalue weighted by Gasteiger charge is -2.12. The predicted octanol–water partition coefficient (Wildman–Crippen LogP) is 1.57. The van der Waals surface area contributed by atoms with Crippen molar-refractivity contribution in [3.8, 4) is 0 Å². The number of halogens is 1. The lowest BCUT2D eigenvalue weighted by Crippen LogP contribution is -2.11. The predicted molar refractivity (Wildman–Crippen MR) is 34.0 cm³/mol. The van der Waals surface area contributed by atoms with Crippen LogP contribution in [0.5, 0.6) is 0 Å². The van der Waals surface area contributed by atoms with Crippen molar-refractivity contribution in [1.29, 1.82) is 0 Å². The Labute approximate surface area is 58.7 Å². The Morgan fingerprint density at radius 1 is 1.70 bits per heavy atom. The molecule has 0 aromatic carbocycles. The summed E-state index contributed by atoms with van der Waals surface area (Å²) in [6.07, 6.45) is 1.03. The molecule has 1 aliphatic heterocycles. The van der Waals surface area contributed by atoms with Gasteiger partial charge in [-0.25, -0.2) is 4.39 Å². The molecule has 1 aliphatic rings. The number of carbonyl (C=O) groups excluding carboxylic acids is 1. The van der Waals surface area contributed by atoms with Crippen LogP contribution in [0.15, 0.2) is 11.8 Å². The fourth-order valence-corrected chi connectivity index (χ4v) is 0.798. The van der Waals surface area contributed by atoms with E-state index in [-0.39, 0.29) is 5.97 Å². The van der Waals surface area contributed by atoms with E-state index < -0.39 is 6.17 Å². The zero-order valence-corrected chi connectivity index (χ0v) is 5.76. The first kappa shape index (κ1) is 7.25. The third-order valence-electron chi connectivity index (χ3n) is 1.47. The van der Waals surface area contributed by atoms with Crippen LogP contribution < -0.4 is 0 Å². The second-order valence-electron chi connectivity index (χ2n) is 2.30. The van der Waals surface area contributed by atoms with Crippen LogP contribution in [-0.4, -0.2) is 12.1 Å². The van der Waals surface area contributed by atoms with E-state index in [9.17, 15) is 9.18 Å². The van der Waals surface area contributed by atoms with Crippen molar-refractivity contribution in [2.45, 2.75) is 25.9 Å².